The van der Waals surface area contributed by atoms with Gasteiger partial charge in [-0.1, -0.05) is 48.5 Å². The van der Waals surface area contributed by atoms with Crippen molar-refractivity contribution < 1.29 is 4.74 Å². The summed E-state index contributed by atoms with van der Waals surface area (Å²) in [5.74, 6) is 1.64. The fourth-order valence-corrected chi connectivity index (χ4v) is 3.78. The van der Waals surface area contributed by atoms with Crippen LogP contribution in [0.4, 0.5) is 5.69 Å². The fraction of sp³-hybridized carbons (Fsp3) is 0.125. The molecule has 2 heterocycles. The van der Waals surface area contributed by atoms with Crippen LogP contribution in [0.5, 0.6) is 11.5 Å². The molecule has 1 aliphatic heterocycles. The predicted molar refractivity (Wildman–Crippen MR) is 112 cm³/mol. The minimum atomic E-state index is -0.0865. The number of aromatic nitrogens is 2. The molecule has 0 aliphatic carbocycles. The lowest BCUT2D eigenvalue weighted by molar-refractivity contribution is 0.479. The van der Waals surface area contributed by atoms with Crippen LogP contribution in [0, 0.1) is 13.8 Å². The number of nitrogens with one attached hydrogen (secondary N) is 1. The molecule has 1 aromatic heterocycles. The Morgan fingerprint density at radius 2 is 1.64 bits per heavy atom. The molecular formula is C24H21N3O. The van der Waals surface area contributed by atoms with Crippen LogP contribution in [-0.4, -0.2) is 9.78 Å². The molecule has 1 N–H and O–H groups in total. The van der Waals surface area contributed by atoms with Crippen LogP contribution in [0.1, 0.15) is 23.0 Å². The third-order valence-electron chi connectivity index (χ3n) is 5.09. The molecule has 4 heteroatoms. The van der Waals surface area contributed by atoms with E-state index in [2.05, 4.69) is 53.3 Å². The molecule has 0 bridgehead atoms. The van der Waals surface area contributed by atoms with Gasteiger partial charge in [-0.15, -0.1) is 0 Å². The van der Waals surface area contributed by atoms with Crippen molar-refractivity contribution in [3.8, 4) is 22.8 Å². The Kier molecular flexibility index (Phi) is 3.90. The monoisotopic (exact) mass is 367 g/mol. The molecule has 0 radical (unpaired) electrons. The highest BCUT2D eigenvalue weighted by Crippen LogP contribution is 2.40. The van der Waals surface area contributed by atoms with Crippen LogP contribution < -0.4 is 10.1 Å². The van der Waals surface area contributed by atoms with Crippen molar-refractivity contribution in [2.45, 2.75) is 20.0 Å². The van der Waals surface area contributed by atoms with Gasteiger partial charge in [0.1, 0.15) is 17.7 Å². The van der Waals surface area contributed by atoms with Crippen molar-refractivity contribution >= 4 is 5.69 Å². The van der Waals surface area contributed by atoms with Gasteiger partial charge in [0.05, 0.1) is 11.4 Å². The lowest BCUT2D eigenvalue weighted by atomic mass is 10.0. The summed E-state index contributed by atoms with van der Waals surface area (Å²) in [4.78, 5) is 0. The highest BCUT2D eigenvalue weighted by Gasteiger charge is 2.27. The molecule has 138 valence electrons. The maximum absolute atomic E-state index is 6.04. The van der Waals surface area contributed by atoms with Crippen molar-refractivity contribution in [1.82, 2.24) is 9.78 Å². The summed E-state index contributed by atoms with van der Waals surface area (Å²) in [6, 6.07) is 26.6. The molecule has 5 rings (SSSR count). The number of rotatable bonds is 3. The van der Waals surface area contributed by atoms with Gasteiger partial charge in [-0.05, 0) is 49.7 Å². The second-order valence-corrected chi connectivity index (χ2v) is 7.15. The van der Waals surface area contributed by atoms with Crippen molar-refractivity contribution in [2.75, 3.05) is 5.32 Å². The number of ether oxygens (including phenoxy) is 1. The summed E-state index contributed by atoms with van der Waals surface area (Å²) >= 11 is 0. The summed E-state index contributed by atoms with van der Waals surface area (Å²) < 4.78 is 8.11. The molecule has 4 aromatic rings. The maximum Gasteiger partial charge on any atom is 0.147 e. The van der Waals surface area contributed by atoms with Crippen LogP contribution >= 0.6 is 0 Å². The third-order valence-corrected chi connectivity index (χ3v) is 5.09. The van der Waals surface area contributed by atoms with Gasteiger partial charge in [-0.3, -0.25) is 0 Å². The van der Waals surface area contributed by atoms with E-state index in [0.717, 1.165) is 34.1 Å². The number of aryl methyl sites for hydroxylation is 2. The Labute approximate surface area is 164 Å². The molecular weight excluding hydrogens is 346 g/mol. The van der Waals surface area contributed by atoms with E-state index in [4.69, 9.17) is 9.84 Å². The highest BCUT2D eigenvalue weighted by molar-refractivity contribution is 5.81. The van der Waals surface area contributed by atoms with Crippen LogP contribution in [0.15, 0.2) is 78.9 Å². The predicted octanol–water partition coefficient (Wildman–Crippen LogP) is 5.93. The number of benzene rings is 3. The summed E-state index contributed by atoms with van der Waals surface area (Å²) in [5, 5.41) is 8.45. The number of fused-ring (bicyclic) bond motifs is 3. The zero-order valence-corrected chi connectivity index (χ0v) is 15.9. The number of anilines is 1. The minimum Gasteiger partial charge on any atom is -0.457 e. The van der Waals surface area contributed by atoms with Gasteiger partial charge in [-0.25, -0.2) is 4.68 Å². The van der Waals surface area contributed by atoms with E-state index in [1.165, 1.54) is 11.1 Å². The Morgan fingerprint density at radius 3 is 2.50 bits per heavy atom. The summed E-state index contributed by atoms with van der Waals surface area (Å²) in [6.07, 6.45) is -0.0865. The molecule has 4 nitrogen and oxygen atoms in total. The van der Waals surface area contributed by atoms with Crippen molar-refractivity contribution in [3.05, 3.63) is 95.7 Å². The average Bonchev–Trinajstić information content (AvgIpc) is 3.10. The maximum atomic E-state index is 6.04. The molecule has 1 aliphatic rings. The molecule has 0 saturated carbocycles. The van der Waals surface area contributed by atoms with Gasteiger partial charge in [0.25, 0.3) is 0 Å². The quantitative estimate of drug-likeness (QED) is 0.488. The van der Waals surface area contributed by atoms with E-state index in [0.29, 0.717) is 0 Å². The van der Waals surface area contributed by atoms with E-state index in [-0.39, 0.29) is 6.17 Å². The fourth-order valence-electron chi connectivity index (χ4n) is 3.78. The zero-order valence-electron chi connectivity index (χ0n) is 15.9. The lowest BCUT2D eigenvalue weighted by Crippen LogP contribution is -2.26. The smallest absolute Gasteiger partial charge is 0.147 e. The average molecular weight is 367 g/mol. The SMILES string of the molecule is Cc1cc2n(n1)C(c1cccc(Oc3ccccc3)c1)Nc1c(C)cccc1-2. The summed E-state index contributed by atoms with van der Waals surface area (Å²) in [5.41, 5.74) is 6.82. The highest BCUT2D eigenvalue weighted by atomic mass is 16.5. The first-order chi connectivity index (χ1) is 13.7. The van der Waals surface area contributed by atoms with Gasteiger partial charge >= 0.3 is 0 Å². The molecule has 0 saturated heterocycles. The van der Waals surface area contributed by atoms with Crippen LogP contribution in [0.3, 0.4) is 0 Å². The Morgan fingerprint density at radius 1 is 0.857 bits per heavy atom. The van der Waals surface area contributed by atoms with Crippen LogP contribution in [0.25, 0.3) is 11.3 Å². The second kappa shape index (κ2) is 6.57. The minimum absolute atomic E-state index is 0.0865. The molecule has 3 aromatic carbocycles. The standard InChI is InChI=1S/C24H21N3O/c1-16-8-6-13-21-22-14-17(2)26-27(22)24(25-23(16)21)18-9-7-12-20(15-18)28-19-10-4-3-5-11-19/h3-15,24-25H,1-2H3. The van der Waals surface area contributed by atoms with E-state index < -0.39 is 0 Å². The van der Waals surface area contributed by atoms with Crippen LogP contribution in [0.2, 0.25) is 0 Å². The van der Waals surface area contributed by atoms with Crippen molar-refractivity contribution in [2.24, 2.45) is 0 Å². The normalized spacial score (nSPS) is 14.7. The van der Waals surface area contributed by atoms with E-state index in [9.17, 15) is 0 Å². The lowest BCUT2D eigenvalue weighted by Gasteiger charge is -2.30. The molecule has 0 fully saturated rings. The summed E-state index contributed by atoms with van der Waals surface area (Å²) in [6.45, 7) is 4.17. The second-order valence-electron chi connectivity index (χ2n) is 7.15. The zero-order chi connectivity index (χ0) is 19.1. The Bertz CT molecular complexity index is 1150. The first-order valence-electron chi connectivity index (χ1n) is 9.44. The van der Waals surface area contributed by atoms with Gasteiger partial charge in [-0.2, -0.15) is 5.10 Å². The Hall–Kier alpha value is -3.53. The van der Waals surface area contributed by atoms with E-state index in [1.807, 2.05) is 49.4 Å². The van der Waals surface area contributed by atoms with Gasteiger partial charge in [0, 0.05) is 16.8 Å². The Balaban J connectivity index is 1.57. The topological polar surface area (TPSA) is 39.1 Å². The van der Waals surface area contributed by atoms with Gasteiger partial charge in [0.15, 0.2) is 0 Å². The number of para-hydroxylation sites is 2. The largest absolute Gasteiger partial charge is 0.457 e. The molecule has 0 amide bonds. The van der Waals surface area contributed by atoms with Crippen molar-refractivity contribution in [3.63, 3.8) is 0 Å². The first kappa shape index (κ1) is 16.6. The number of hydrogen-bond donors (Lipinski definition) is 1. The number of hydrogen-bond acceptors (Lipinski definition) is 3. The van der Waals surface area contributed by atoms with Crippen LogP contribution in [-0.2, 0) is 0 Å². The molecule has 28 heavy (non-hydrogen) atoms. The van der Waals surface area contributed by atoms with E-state index >= 15 is 0 Å². The first-order valence-corrected chi connectivity index (χ1v) is 9.44. The van der Waals surface area contributed by atoms with Crippen molar-refractivity contribution in [1.29, 1.82) is 0 Å². The van der Waals surface area contributed by atoms with Gasteiger partial charge < -0.3 is 10.1 Å². The summed E-state index contributed by atoms with van der Waals surface area (Å²) in [7, 11) is 0. The molecule has 1 unspecified atom stereocenters. The third kappa shape index (κ3) is 2.83. The molecule has 1 atom stereocenters. The molecule has 0 spiro atoms. The van der Waals surface area contributed by atoms with Gasteiger partial charge in [0.2, 0.25) is 0 Å². The van der Waals surface area contributed by atoms with E-state index in [1.54, 1.807) is 0 Å². The number of nitrogens with zero attached hydrogens (tertiary/aromatic N) is 2.